The van der Waals surface area contributed by atoms with Crippen molar-refractivity contribution in [3.05, 3.63) is 121 Å². The molecule has 0 aliphatic rings. The normalized spacial score (nSPS) is 11.0. The fourth-order valence-electron chi connectivity index (χ4n) is 4.55. The molecule has 0 radical (unpaired) electrons. The highest BCUT2D eigenvalue weighted by Gasteiger charge is 2.12. The molecule has 6 rings (SSSR count). The van der Waals surface area contributed by atoms with Gasteiger partial charge in [0.2, 0.25) is 0 Å². The quantitative estimate of drug-likeness (QED) is 0.299. The lowest BCUT2D eigenvalue weighted by Gasteiger charge is -2.11. The zero-order valence-electron chi connectivity index (χ0n) is 17.8. The van der Waals surface area contributed by atoms with Gasteiger partial charge in [-0.05, 0) is 58.7 Å². The summed E-state index contributed by atoms with van der Waals surface area (Å²) < 4.78 is 2.34. The zero-order chi connectivity index (χ0) is 22.2. The molecule has 4 aromatic carbocycles. The van der Waals surface area contributed by atoms with E-state index in [0.717, 1.165) is 27.9 Å². The molecule has 0 spiro atoms. The summed E-state index contributed by atoms with van der Waals surface area (Å²) in [5.74, 6) is 0. The van der Waals surface area contributed by atoms with E-state index < -0.39 is 0 Å². The molecule has 33 heavy (non-hydrogen) atoms. The summed E-state index contributed by atoms with van der Waals surface area (Å²) in [6.07, 6.45) is 1.68. The molecule has 0 bridgehead atoms. The Kier molecular flexibility index (Phi) is 4.49. The predicted molar refractivity (Wildman–Crippen MR) is 134 cm³/mol. The van der Waals surface area contributed by atoms with Crippen molar-refractivity contribution in [3.63, 3.8) is 0 Å². The summed E-state index contributed by atoms with van der Waals surface area (Å²) in [6.45, 7) is 0. The minimum Gasteiger partial charge on any atom is -0.309 e. The second-order valence-electron chi connectivity index (χ2n) is 8.04. The lowest BCUT2D eigenvalue weighted by molar-refractivity contribution is 1.18. The molecule has 0 aliphatic heterocycles. The van der Waals surface area contributed by atoms with Crippen LogP contribution in [0.15, 0.2) is 115 Å². The predicted octanol–water partition coefficient (Wildman–Crippen LogP) is 7.38. The number of rotatable bonds is 3. The van der Waals surface area contributed by atoms with E-state index in [2.05, 4.69) is 113 Å². The van der Waals surface area contributed by atoms with Crippen molar-refractivity contribution in [2.45, 2.75) is 0 Å². The van der Waals surface area contributed by atoms with Crippen LogP contribution in [0.1, 0.15) is 5.69 Å². The van der Waals surface area contributed by atoms with E-state index in [1.165, 1.54) is 21.8 Å². The molecule has 0 saturated heterocycles. The molecule has 2 aromatic heterocycles. The van der Waals surface area contributed by atoms with Gasteiger partial charge in [0.05, 0.1) is 11.0 Å². The van der Waals surface area contributed by atoms with Gasteiger partial charge in [0.15, 0.2) is 0 Å². The molecule has 0 amide bonds. The minimum absolute atomic E-state index is 0.426. The molecule has 0 N–H and O–H groups in total. The van der Waals surface area contributed by atoms with Gasteiger partial charge in [0.25, 0.3) is 0 Å². The van der Waals surface area contributed by atoms with E-state index in [1.807, 2.05) is 12.1 Å². The van der Waals surface area contributed by atoms with E-state index in [4.69, 9.17) is 5.26 Å². The van der Waals surface area contributed by atoms with E-state index in [1.54, 1.807) is 6.20 Å². The molecule has 0 aliphatic carbocycles. The van der Waals surface area contributed by atoms with Crippen LogP contribution in [0.2, 0.25) is 0 Å². The molecule has 0 saturated carbocycles. The Morgan fingerprint density at radius 1 is 0.576 bits per heavy atom. The van der Waals surface area contributed by atoms with Gasteiger partial charge < -0.3 is 4.57 Å². The highest BCUT2D eigenvalue weighted by atomic mass is 15.0. The Hall–Kier alpha value is -4.68. The number of fused-ring (bicyclic) bond motifs is 3. The second-order valence-corrected chi connectivity index (χ2v) is 8.04. The SMILES string of the molecule is N#Cc1cc(-c2ccc(-c3cccc(-n4c5ccccc5c5ccccc54)c3)cc2)ccn1. The van der Waals surface area contributed by atoms with Crippen LogP contribution < -0.4 is 0 Å². The Morgan fingerprint density at radius 3 is 1.82 bits per heavy atom. The van der Waals surface area contributed by atoms with Gasteiger partial charge in [-0.1, -0.05) is 72.8 Å². The first kappa shape index (κ1) is 19.0. The molecule has 2 heterocycles. The van der Waals surface area contributed by atoms with Gasteiger partial charge in [-0.2, -0.15) is 5.26 Å². The average Bonchev–Trinajstić information content (AvgIpc) is 3.23. The molecule has 0 unspecified atom stereocenters. The van der Waals surface area contributed by atoms with E-state index in [9.17, 15) is 0 Å². The number of aromatic nitrogens is 2. The van der Waals surface area contributed by atoms with Crippen molar-refractivity contribution >= 4 is 21.8 Å². The Morgan fingerprint density at radius 2 is 1.18 bits per heavy atom. The topological polar surface area (TPSA) is 41.6 Å². The van der Waals surface area contributed by atoms with Crippen molar-refractivity contribution in [1.82, 2.24) is 9.55 Å². The molecule has 3 nitrogen and oxygen atoms in total. The van der Waals surface area contributed by atoms with Gasteiger partial charge in [-0.25, -0.2) is 4.98 Å². The van der Waals surface area contributed by atoms with Crippen LogP contribution in [0, 0.1) is 11.3 Å². The maximum absolute atomic E-state index is 9.12. The molecule has 3 heteroatoms. The maximum atomic E-state index is 9.12. The van der Waals surface area contributed by atoms with E-state index >= 15 is 0 Å². The van der Waals surface area contributed by atoms with Crippen molar-refractivity contribution < 1.29 is 0 Å². The zero-order valence-corrected chi connectivity index (χ0v) is 17.8. The van der Waals surface area contributed by atoms with Crippen molar-refractivity contribution in [2.24, 2.45) is 0 Å². The number of hydrogen-bond donors (Lipinski definition) is 0. The van der Waals surface area contributed by atoms with Crippen LogP contribution in [-0.4, -0.2) is 9.55 Å². The third kappa shape index (κ3) is 3.26. The number of nitriles is 1. The van der Waals surface area contributed by atoms with Gasteiger partial charge in [0, 0.05) is 22.7 Å². The summed E-state index contributed by atoms with van der Waals surface area (Å²) >= 11 is 0. The van der Waals surface area contributed by atoms with Crippen LogP contribution in [0.25, 0.3) is 49.7 Å². The smallest absolute Gasteiger partial charge is 0.141 e. The average molecular weight is 422 g/mol. The molecule has 6 aromatic rings. The monoisotopic (exact) mass is 421 g/mol. The van der Waals surface area contributed by atoms with Crippen LogP contribution in [0.3, 0.4) is 0 Å². The van der Waals surface area contributed by atoms with E-state index in [0.29, 0.717) is 5.69 Å². The van der Waals surface area contributed by atoms with Gasteiger partial charge in [-0.3, -0.25) is 0 Å². The van der Waals surface area contributed by atoms with Crippen LogP contribution in [-0.2, 0) is 0 Å². The molecule has 0 atom stereocenters. The Balaban J connectivity index is 1.44. The van der Waals surface area contributed by atoms with Crippen molar-refractivity contribution in [3.8, 4) is 34.0 Å². The largest absolute Gasteiger partial charge is 0.309 e. The first-order valence-electron chi connectivity index (χ1n) is 10.9. The first-order chi connectivity index (χ1) is 16.3. The fraction of sp³-hybridized carbons (Fsp3) is 0. The summed E-state index contributed by atoms with van der Waals surface area (Å²) in [7, 11) is 0. The summed E-state index contributed by atoms with van der Waals surface area (Å²) in [5.41, 5.74) is 8.35. The lowest BCUT2D eigenvalue weighted by Crippen LogP contribution is -1.94. The molecule has 0 fully saturated rings. The fourth-order valence-corrected chi connectivity index (χ4v) is 4.55. The molecular formula is C30H19N3. The number of hydrogen-bond acceptors (Lipinski definition) is 2. The van der Waals surface area contributed by atoms with Crippen LogP contribution >= 0.6 is 0 Å². The van der Waals surface area contributed by atoms with Crippen LogP contribution in [0.4, 0.5) is 0 Å². The number of nitrogens with zero attached hydrogens (tertiary/aromatic N) is 3. The summed E-state index contributed by atoms with van der Waals surface area (Å²) in [4.78, 5) is 4.06. The third-order valence-electron chi connectivity index (χ3n) is 6.11. The van der Waals surface area contributed by atoms with Gasteiger partial charge in [-0.15, -0.1) is 0 Å². The standard InChI is InChI=1S/C30H19N3/c31-20-25-18-24(16-17-32-25)22-14-12-21(13-15-22)23-6-5-7-26(19-23)33-29-10-3-1-8-27(29)28-9-2-4-11-30(28)33/h1-19H. The summed E-state index contributed by atoms with van der Waals surface area (Å²) in [6, 6.07) is 40.1. The van der Waals surface area contributed by atoms with E-state index in [-0.39, 0.29) is 0 Å². The second kappa shape index (κ2) is 7.78. The molecule has 154 valence electrons. The highest BCUT2D eigenvalue weighted by molar-refractivity contribution is 6.09. The third-order valence-corrected chi connectivity index (χ3v) is 6.11. The minimum atomic E-state index is 0.426. The number of benzene rings is 4. The van der Waals surface area contributed by atoms with Crippen molar-refractivity contribution in [1.29, 1.82) is 5.26 Å². The van der Waals surface area contributed by atoms with Crippen molar-refractivity contribution in [2.75, 3.05) is 0 Å². The maximum Gasteiger partial charge on any atom is 0.141 e. The van der Waals surface area contributed by atoms with Gasteiger partial charge >= 0.3 is 0 Å². The Bertz CT molecular complexity index is 1610. The Labute approximate surface area is 191 Å². The van der Waals surface area contributed by atoms with Gasteiger partial charge in [0.1, 0.15) is 11.8 Å². The summed E-state index contributed by atoms with van der Waals surface area (Å²) in [5, 5.41) is 11.6. The highest BCUT2D eigenvalue weighted by Crippen LogP contribution is 2.33. The number of para-hydroxylation sites is 2. The first-order valence-corrected chi connectivity index (χ1v) is 10.9. The molecular weight excluding hydrogens is 402 g/mol. The number of pyridine rings is 1. The lowest BCUT2D eigenvalue weighted by atomic mass is 10.00. The van der Waals surface area contributed by atoms with Crippen LogP contribution in [0.5, 0.6) is 0 Å².